The fraction of sp³-hybridized carbons (Fsp3) is 0.391. The molecule has 1 saturated heterocycles. The van der Waals surface area contributed by atoms with Gasteiger partial charge in [-0.1, -0.05) is 11.2 Å². The molecule has 0 saturated carbocycles. The maximum atomic E-state index is 12.6. The fourth-order valence-electron chi connectivity index (χ4n) is 3.83. The van der Waals surface area contributed by atoms with Crippen molar-refractivity contribution in [1.82, 2.24) is 20.0 Å². The third-order valence-electron chi connectivity index (χ3n) is 5.56. The van der Waals surface area contributed by atoms with Crippen LogP contribution in [0.2, 0.25) is 0 Å². The Hall–Kier alpha value is -3.42. The van der Waals surface area contributed by atoms with Crippen LogP contribution in [0.4, 0.5) is 0 Å². The van der Waals surface area contributed by atoms with E-state index in [0.29, 0.717) is 42.7 Å². The summed E-state index contributed by atoms with van der Waals surface area (Å²) in [6.45, 7) is 3.27. The van der Waals surface area contributed by atoms with Crippen molar-refractivity contribution in [2.75, 3.05) is 27.3 Å². The molecule has 2 aromatic heterocycles. The van der Waals surface area contributed by atoms with Gasteiger partial charge >= 0.3 is 0 Å². The first-order valence-corrected chi connectivity index (χ1v) is 10.3. The summed E-state index contributed by atoms with van der Waals surface area (Å²) in [5.74, 6) is 2.63. The van der Waals surface area contributed by atoms with Crippen molar-refractivity contribution in [2.45, 2.75) is 32.1 Å². The minimum atomic E-state index is 0.105. The highest BCUT2D eigenvalue weighted by Gasteiger charge is 2.28. The van der Waals surface area contributed by atoms with Gasteiger partial charge in [0.2, 0.25) is 17.6 Å². The molecule has 0 aliphatic carbocycles. The van der Waals surface area contributed by atoms with Gasteiger partial charge in [0, 0.05) is 36.0 Å². The molecule has 0 bridgehead atoms. The maximum absolute atomic E-state index is 12.6. The molecule has 0 N–H and O–H groups in total. The van der Waals surface area contributed by atoms with Crippen LogP contribution in [0.3, 0.4) is 0 Å². The number of amides is 1. The number of rotatable bonds is 6. The average molecular weight is 422 g/mol. The highest BCUT2D eigenvalue weighted by molar-refractivity contribution is 5.78. The van der Waals surface area contributed by atoms with Crippen molar-refractivity contribution in [1.29, 1.82) is 0 Å². The van der Waals surface area contributed by atoms with Crippen molar-refractivity contribution in [3.05, 3.63) is 53.7 Å². The average Bonchev–Trinajstić information content (AvgIpc) is 3.29. The predicted molar refractivity (Wildman–Crippen MR) is 114 cm³/mol. The quantitative estimate of drug-likeness (QED) is 0.601. The van der Waals surface area contributed by atoms with Crippen molar-refractivity contribution < 1.29 is 18.8 Å². The summed E-state index contributed by atoms with van der Waals surface area (Å²) in [5.41, 5.74) is 2.53. The molecule has 0 unspecified atom stereocenters. The molecule has 1 aliphatic heterocycles. The van der Waals surface area contributed by atoms with E-state index in [2.05, 4.69) is 15.1 Å². The fourth-order valence-corrected chi connectivity index (χ4v) is 3.83. The summed E-state index contributed by atoms with van der Waals surface area (Å²) >= 11 is 0. The lowest BCUT2D eigenvalue weighted by Gasteiger charge is -2.30. The molecular weight excluding hydrogens is 396 g/mol. The molecule has 1 amide bonds. The van der Waals surface area contributed by atoms with Gasteiger partial charge in [0.1, 0.15) is 0 Å². The van der Waals surface area contributed by atoms with E-state index in [1.165, 1.54) is 0 Å². The summed E-state index contributed by atoms with van der Waals surface area (Å²) in [6.07, 6.45) is 1.91. The monoisotopic (exact) mass is 422 g/mol. The number of methoxy groups -OCH3 is 2. The van der Waals surface area contributed by atoms with Crippen LogP contribution >= 0.6 is 0 Å². The zero-order valence-electron chi connectivity index (χ0n) is 18.0. The van der Waals surface area contributed by atoms with E-state index in [1.54, 1.807) is 14.2 Å². The van der Waals surface area contributed by atoms with Gasteiger partial charge in [-0.25, -0.2) is 0 Å². The number of hydrogen-bond acceptors (Lipinski definition) is 7. The van der Waals surface area contributed by atoms with Crippen molar-refractivity contribution in [2.24, 2.45) is 0 Å². The second-order valence-corrected chi connectivity index (χ2v) is 7.63. The van der Waals surface area contributed by atoms with E-state index in [-0.39, 0.29) is 11.8 Å². The first-order valence-electron chi connectivity index (χ1n) is 10.3. The van der Waals surface area contributed by atoms with Crippen LogP contribution < -0.4 is 9.47 Å². The summed E-state index contributed by atoms with van der Waals surface area (Å²) in [4.78, 5) is 23.6. The molecule has 8 nitrogen and oxygen atoms in total. The molecule has 0 spiro atoms. The van der Waals surface area contributed by atoms with Gasteiger partial charge in [0.05, 0.1) is 20.6 Å². The smallest absolute Gasteiger partial charge is 0.230 e. The van der Waals surface area contributed by atoms with Crippen LogP contribution in [0.5, 0.6) is 11.5 Å². The highest BCUT2D eigenvalue weighted by atomic mass is 16.5. The van der Waals surface area contributed by atoms with Crippen molar-refractivity contribution in [3.63, 3.8) is 0 Å². The number of pyridine rings is 1. The van der Waals surface area contributed by atoms with E-state index in [4.69, 9.17) is 14.0 Å². The summed E-state index contributed by atoms with van der Waals surface area (Å²) in [6, 6.07) is 11.3. The number of ether oxygens (including phenoxy) is 2. The first-order chi connectivity index (χ1) is 15.1. The van der Waals surface area contributed by atoms with E-state index < -0.39 is 0 Å². The number of piperidine rings is 1. The largest absolute Gasteiger partial charge is 0.493 e. The van der Waals surface area contributed by atoms with Crippen molar-refractivity contribution in [3.8, 4) is 22.9 Å². The van der Waals surface area contributed by atoms with Gasteiger partial charge in [-0.2, -0.15) is 4.98 Å². The third kappa shape index (κ3) is 4.68. The number of carbonyl (C=O) groups is 1. The van der Waals surface area contributed by atoms with Crippen LogP contribution in [-0.2, 0) is 11.2 Å². The summed E-state index contributed by atoms with van der Waals surface area (Å²) in [7, 11) is 3.19. The molecule has 3 heterocycles. The number of aryl methyl sites for hydroxylation is 1. The van der Waals surface area contributed by atoms with Gasteiger partial charge in [-0.05, 0) is 50.1 Å². The number of nitrogens with zero attached hydrogens (tertiary/aromatic N) is 4. The van der Waals surface area contributed by atoms with Gasteiger partial charge in [-0.3, -0.25) is 9.78 Å². The standard InChI is InChI=1S/C23H26N4O4/c1-15-5-4-6-18(24-15)14-21(28)27-11-9-16(10-12-27)23-25-22(26-31-23)17-7-8-19(29-2)20(13-17)30-3/h4-8,13,16H,9-12,14H2,1-3H3. The number of benzene rings is 1. The number of likely N-dealkylation sites (tertiary alicyclic amines) is 1. The minimum absolute atomic E-state index is 0.105. The molecule has 31 heavy (non-hydrogen) atoms. The Morgan fingerprint density at radius 1 is 1.10 bits per heavy atom. The van der Waals surface area contributed by atoms with Gasteiger partial charge in [0.15, 0.2) is 11.5 Å². The van der Waals surface area contributed by atoms with Crippen LogP contribution in [0.25, 0.3) is 11.4 Å². The zero-order chi connectivity index (χ0) is 21.8. The van der Waals surface area contributed by atoms with E-state index in [9.17, 15) is 4.79 Å². The van der Waals surface area contributed by atoms with E-state index >= 15 is 0 Å². The van der Waals surface area contributed by atoms with Gasteiger partial charge < -0.3 is 18.9 Å². The molecule has 162 valence electrons. The number of carbonyl (C=O) groups excluding carboxylic acids is 1. The lowest BCUT2D eigenvalue weighted by molar-refractivity contribution is -0.131. The third-order valence-corrected chi connectivity index (χ3v) is 5.56. The molecule has 8 heteroatoms. The Balaban J connectivity index is 1.37. The van der Waals surface area contributed by atoms with Crippen LogP contribution in [0.15, 0.2) is 40.9 Å². The molecule has 1 aromatic carbocycles. The lowest BCUT2D eigenvalue weighted by atomic mass is 9.96. The van der Waals surface area contributed by atoms with Crippen LogP contribution in [-0.4, -0.2) is 53.2 Å². The van der Waals surface area contributed by atoms with Gasteiger partial charge in [0.25, 0.3) is 0 Å². The maximum Gasteiger partial charge on any atom is 0.230 e. The molecule has 3 aromatic rings. The number of aromatic nitrogens is 3. The highest BCUT2D eigenvalue weighted by Crippen LogP contribution is 2.33. The normalized spacial score (nSPS) is 14.5. The summed E-state index contributed by atoms with van der Waals surface area (Å²) < 4.78 is 16.2. The van der Waals surface area contributed by atoms with E-state index in [0.717, 1.165) is 29.8 Å². The second kappa shape index (κ2) is 9.16. The Bertz CT molecular complexity index is 1060. The van der Waals surface area contributed by atoms with E-state index in [1.807, 2.05) is 48.2 Å². The Morgan fingerprint density at radius 3 is 2.58 bits per heavy atom. The van der Waals surface area contributed by atoms with Gasteiger partial charge in [-0.15, -0.1) is 0 Å². The van der Waals surface area contributed by atoms with Crippen LogP contribution in [0.1, 0.15) is 36.0 Å². The lowest BCUT2D eigenvalue weighted by Crippen LogP contribution is -2.39. The number of hydrogen-bond donors (Lipinski definition) is 0. The Kier molecular flexibility index (Phi) is 6.16. The first kappa shape index (κ1) is 20.8. The predicted octanol–water partition coefficient (Wildman–Crippen LogP) is 3.41. The van der Waals surface area contributed by atoms with Crippen LogP contribution in [0, 0.1) is 6.92 Å². The molecular formula is C23H26N4O4. The molecule has 0 radical (unpaired) electrons. The minimum Gasteiger partial charge on any atom is -0.493 e. The molecule has 0 atom stereocenters. The summed E-state index contributed by atoms with van der Waals surface area (Å²) in [5, 5.41) is 4.14. The molecule has 1 aliphatic rings. The van der Waals surface area contributed by atoms with Crippen molar-refractivity contribution >= 4 is 5.91 Å². The Labute approximate surface area is 181 Å². The topological polar surface area (TPSA) is 90.6 Å². The second-order valence-electron chi connectivity index (χ2n) is 7.63. The molecule has 1 fully saturated rings. The zero-order valence-corrected chi connectivity index (χ0v) is 18.0. The Morgan fingerprint density at radius 2 is 1.87 bits per heavy atom. The molecule has 4 rings (SSSR count). The SMILES string of the molecule is COc1ccc(-c2noc(C3CCN(C(=O)Cc4cccc(C)n4)CC3)n2)cc1OC.